The third-order valence-corrected chi connectivity index (χ3v) is 2.58. The van der Waals surface area contributed by atoms with E-state index in [0.717, 1.165) is 12.2 Å². The second kappa shape index (κ2) is 8.21. The van der Waals surface area contributed by atoms with E-state index in [2.05, 4.69) is 24.1 Å². The molecule has 0 fully saturated rings. The molecule has 7 nitrogen and oxygen atoms in total. The van der Waals surface area contributed by atoms with Gasteiger partial charge in [-0.1, -0.05) is 13.8 Å². The predicted octanol–water partition coefficient (Wildman–Crippen LogP) is 0.789. The highest BCUT2D eigenvalue weighted by Gasteiger charge is 2.16. The van der Waals surface area contributed by atoms with Crippen LogP contribution >= 0.6 is 0 Å². The number of hydrogen-bond acceptors (Lipinski definition) is 5. The number of aromatic nitrogens is 1. The molecule has 0 bridgehead atoms. The number of imide groups is 1. The molecule has 7 heteroatoms. The van der Waals surface area contributed by atoms with Crippen molar-refractivity contribution in [2.75, 3.05) is 6.54 Å². The molecule has 0 aliphatic carbocycles. The first-order valence-electron chi connectivity index (χ1n) is 6.81. The molecule has 21 heavy (non-hydrogen) atoms. The van der Waals surface area contributed by atoms with E-state index in [0.29, 0.717) is 18.2 Å². The first-order chi connectivity index (χ1) is 9.88. The van der Waals surface area contributed by atoms with Crippen LogP contribution in [0.4, 0.5) is 4.79 Å². The third-order valence-electron chi connectivity index (χ3n) is 2.58. The predicted molar refractivity (Wildman–Crippen MR) is 78.6 cm³/mol. The van der Waals surface area contributed by atoms with Crippen LogP contribution in [0.2, 0.25) is 0 Å². The topological polar surface area (TPSA) is 106 Å². The van der Waals surface area contributed by atoms with E-state index in [9.17, 15) is 9.59 Å². The number of urea groups is 1. The number of carbonyl (C=O) groups is 2. The molecule has 1 rings (SSSR count). The Morgan fingerprint density at radius 3 is 2.57 bits per heavy atom. The van der Waals surface area contributed by atoms with Crippen LogP contribution in [0.15, 0.2) is 18.3 Å². The van der Waals surface area contributed by atoms with Gasteiger partial charge in [-0.15, -0.1) is 0 Å². The summed E-state index contributed by atoms with van der Waals surface area (Å²) in [6.45, 7) is 7.39. The quantitative estimate of drug-likeness (QED) is 0.689. The average molecular weight is 294 g/mol. The van der Waals surface area contributed by atoms with Gasteiger partial charge in [-0.05, 0) is 31.5 Å². The molecule has 0 aromatic carbocycles. The summed E-state index contributed by atoms with van der Waals surface area (Å²) < 4.78 is 5.37. The number of ether oxygens (including phenoxy) is 1. The van der Waals surface area contributed by atoms with Gasteiger partial charge in [-0.25, -0.2) is 4.79 Å². The standard InChI is InChI=1S/C14H22N4O3/c1-9(2)6-16-7-11-4-5-12(8-17-11)21-10(3)13(19)18-14(15)20/h4-5,8-10,16H,6-7H2,1-3H3,(H3,15,18,19,20). The lowest BCUT2D eigenvalue weighted by molar-refractivity contribution is -0.126. The molecule has 1 unspecified atom stereocenters. The maximum absolute atomic E-state index is 11.5. The molecule has 116 valence electrons. The summed E-state index contributed by atoms with van der Waals surface area (Å²) in [4.78, 5) is 26.3. The lowest BCUT2D eigenvalue weighted by Crippen LogP contribution is -2.42. The van der Waals surface area contributed by atoms with Crippen molar-refractivity contribution in [2.24, 2.45) is 11.7 Å². The molecule has 0 aliphatic heterocycles. The molecule has 1 atom stereocenters. The number of amides is 3. The highest BCUT2D eigenvalue weighted by molar-refractivity contribution is 5.95. The smallest absolute Gasteiger partial charge is 0.318 e. The monoisotopic (exact) mass is 294 g/mol. The minimum Gasteiger partial charge on any atom is -0.479 e. The lowest BCUT2D eigenvalue weighted by Gasteiger charge is -2.13. The minimum atomic E-state index is -0.903. The van der Waals surface area contributed by atoms with Crippen molar-refractivity contribution in [3.8, 4) is 5.75 Å². The Hall–Kier alpha value is -2.15. The molecule has 1 aromatic heterocycles. The molecule has 0 saturated heterocycles. The van der Waals surface area contributed by atoms with Crippen molar-refractivity contribution in [3.63, 3.8) is 0 Å². The van der Waals surface area contributed by atoms with Crippen LogP contribution in [0.25, 0.3) is 0 Å². The van der Waals surface area contributed by atoms with Gasteiger partial charge < -0.3 is 15.8 Å². The summed E-state index contributed by atoms with van der Waals surface area (Å²) >= 11 is 0. The summed E-state index contributed by atoms with van der Waals surface area (Å²) in [5, 5.41) is 5.24. The Labute approximate surface area is 124 Å². The van der Waals surface area contributed by atoms with Gasteiger partial charge in [0.15, 0.2) is 6.10 Å². The Morgan fingerprint density at radius 2 is 2.05 bits per heavy atom. The number of primary amides is 1. The SMILES string of the molecule is CC(C)CNCc1ccc(OC(C)C(=O)NC(N)=O)cn1. The van der Waals surface area contributed by atoms with E-state index in [1.165, 1.54) is 6.92 Å². The summed E-state index contributed by atoms with van der Waals surface area (Å²) in [6.07, 6.45) is 0.713. The highest BCUT2D eigenvalue weighted by atomic mass is 16.5. The van der Waals surface area contributed by atoms with Gasteiger partial charge in [-0.3, -0.25) is 15.1 Å². The molecular formula is C14H22N4O3. The number of nitrogens with two attached hydrogens (primary N) is 1. The Balaban J connectivity index is 2.46. The zero-order chi connectivity index (χ0) is 15.8. The van der Waals surface area contributed by atoms with E-state index in [4.69, 9.17) is 10.5 Å². The van der Waals surface area contributed by atoms with Crippen LogP contribution in [0.3, 0.4) is 0 Å². The Bertz CT molecular complexity index is 474. The van der Waals surface area contributed by atoms with Crippen LogP contribution in [-0.2, 0) is 11.3 Å². The van der Waals surface area contributed by atoms with Crippen LogP contribution < -0.4 is 21.1 Å². The molecule has 1 heterocycles. The van der Waals surface area contributed by atoms with E-state index in [1.54, 1.807) is 12.3 Å². The second-order valence-electron chi connectivity index (χ2n) is 5.12. The molecule has 0 aliphatic rings. The molecule has 0 saturated carbocycles. The maximum Gasteiger partial charge on any atom is 0.318 e. The maximum atomic E-state index is 11.5. The third kappa shape index (κ3) is 6.71. The van der Waals surface area contributed by atoms with Crippen molar-refractivity contribution in [1.82, 2.24) is 15.6 Å². The lowest BCUT2D eigenvalue weighted by atomic mass is 10.2. The molecule has 3 amide bonds. The van der Waals surface area contributed by atoms with Gasteiger partial charge in [0.05, 0.1) is 11.9 Å². The first-order valence-corrected chi connectivity index (χ1v) is 6.81. The summed E-state index contributed by atoms with van der Waals surface area (Å²) in [7, 11) is 0. The number of rotatable bonds is 7. The number of carbonyl (C=O) groups excluding carboxylic acids is 2. The molecule has 4 N–H and O–H groups in total. The van der Waals surface area contributed by atoms with Crippen molar-refractivity contribution in [2.45, 2.75) is 33.4 Å². The van der Waals surface area contributed by atoms with Gasteiger partial charge in [0, 0.05) is 6.54 Å². The fourth-order valence-corrected chi connectivity index (χ4v) is 1.55. The van der Waals surface area contributed by atoms with Crippen molar-refractivity contribution in [3.05, 3.63) is 24.0 Å². The van der Waals surface area contributed by atoms with Crippen molar-refractivity contribution in [1.29, 1.82) is 0 Å². The second-order valence-corrected chi connectivity index (χ2v) is 5.12. The normalized spacial score (nSPS) is 12.0. The minimum absolute atomic E-state index is 0.453. The largest absolute Gasteiger partial charge is 0.479 e. The Kier molecular flexibility index (Phi) is 6.61. The molecule has 0 radical (unpaired) electrons. The van der Waals surface area contributed by atoms with E-state index >= 15 is 0 Å². The van der Waals surface area contributed by atoms with Gasteiger partial charge in [0.2, 0.25) is 0 Å². The van der Waals surface area contributed by atoms with E-state index in [-0.39, 0.29) is 0 Å². The summed E-state index contributed by atoms with van der Waals surface area (Å²) in [6, 6.07) is 2.65. The van der Waals surface area contributed by atoms with Gasteiger partial charge in [0.25, 0.3) is 5.91 Å². The van der Waals surface area contributed by atoms with Crippen molar-refractivity contribution >= 4 is 11.9 Å². The number of nitrogens with zero attached hydrogens (tertiary/aromatic N) is 1. The highest BCUT2D eigenvalue weighted by Crippen LogP contribution is 2.11. The fraction of sp³-hybridized carbons (Fsp3) is 0.500. The van der Waals surface area contributed by atoms with Gasteiger partial charge in [0.1, 0.15) is 5.75 Å². The van der Waals surface area contributed by atoms with Crippen LogP contribution in [0.1, 0.15) is 26.5 Å². The van der Waals surface area contributed by atoms with Crippen LogP contribution in [-0.4, -0.2) is 29.6 Å². The van der Waals surface area contributed by atoms with Crippen molar-refractivity contribution < 1.29 is 14.3 Å². The number of hydrogen-bond donors (Lipinski definition) is 3. The van der Waals surface area contributed by atoms with Crippen LogP contribution in [0.5, 0.6) is 5.75 Å². The first kappa shape index (κ1) is 16.9. The van der Waals surface area contributed by atoms with Gasteiger partial charge in [-0.2, -0.15) is 0 Å². The zero-order valence-electron chi connectivity index (χ0n) is 12.6. The molecule has 1 aromatic rings. The number of pyridine rings is 1. The summed E-state index contributed by atoms with van der Waals surface area (Å²) in [5.74, 6) is 0.442. The molecular weight excluding hydrogens is 272 g/mol. The van der Waals surface area contributed by atoms with E-state index in [1.807, 2.05) is 11.4 Å². The zero-order valence-corrected chi connectivity index (χ0v) is 12.6. The Morgan fingerprint density at radius 1 is 1.33 bits per heavy atom. The van der Waals surface area contributed by atoms with Gasteiger partial charge >= 0.3 is 6.03 Å². The molecule has 0 spiro atoms. The van der Waals surface area contributed by atoms with Crippen LogP contribution in [0, 0.1) is 5.92 Å². The fourth-order valence-electron chi connectivity index (χ4n) is 1.55. The average Bonchev–Trinajstić information content (AvgIpc) is 2.39. The number of nitrogens with one attached hydrogen (secondary N) is 2. The van der Waals surface area contributed by atoms with E-state index < -0.39 is 18.0 Å². The summed E-state index contributed by atoms with van der Waals surface area (Å²) in [5.41, 5.74) is 5.75.